The predicted molar refractivity (Wildman–Crippen MR) is 77.4 cm³/mol. The Hall–Kier alpha value is -1.84. The van der Waals surface area contributed by atoms with Crippen LogP contribution in [-0.2, 0) is 14.3 Å². The second kappa shape index (κ2) is 6.07. The number of esters is 1. The minimum absolute atomic E-state index is 0.00979. The minimum Gasteiger partial charge on any atom is -0.452 e. The number of carbonyl (C=O) groups is 2. The smallest absolute Gasteiger partial charge is 0.309 e. The van der Waals surface area contributed by atoms with Crippen LogP contribution in [0.15, 0.2) is 24.3 Å². The normalized spacial score (nSPS) is 15.8. The Morgan fingerprint density at radius 2 is 1.75 bits per heavy atom. The summed E-state index contributed by atoms with van der Waals surface area (Å²) in [5, 5.41) is 2.76. The lowest BCUT2D eigenvalue weighted by Gasteiger charge is -2.14. The minimum atomic E-state index is -0.757. The average molecular weight is 275 g/mol. The molecule has 1 aromatic rings. The Morgan fingerprint density at radius 3 is 2.25 bits per heavy atom. The van der Waals surface area contributed by atoms with Gasteiger partial charge in [-0.1, -0.05) is 26.0 Å². The van der Waals surface area contributed by atoms with Crippen LogP contribution in [-0.4, -0.2) is 18.0 Å². The first kappa shape index (κ1) is 14.6. The standard InChI is InChI=1S/C16H21NO3/c1-10(2)12-6-8-14(9-7-12)17-15(18)11(3)20-16(19)13-4-5-13/h6-11,13H,4-5H2,1-3H3,(H,17,18)/t11-/m0/s1. The molecule has 0 aliphatic heterocycles. The molecular formula is C16H21NO3. The van der Waals surface area contributed by atoms with Crippen molar-refractivity contribution in [2.75, 3.05) is 5.32 Å². The first-order valence-corrected chi connectivity index (χ1v) is 7.08. The van der Waals surface area contributed by atoms with Crippen LogP contribution in [0, 0.1) is 5.92 Å². The van der Waals surface area contributed by atoms with Crippen LogP contribution in [0.25, 0.3) is 0 Å². The topological polar surface area (TPSA) is 55.4 Å². The second-order valence-electron chi connectivity index (χ2n) is 5.62. The molecule has 1 amide bonds. The maximum atomic E-state index is 11.9. The zero-order chi connectivity index (χ0) is 14.7. The maximum Gasteiger partial charge on any atom is 0.309 e. The summed E-state index contributed by atoms with van der Waals surface area (Å²) < 4.78 is 5.12. The van der Waals surface area contributed by atoms with E-state index in [2.05, 4.69) is 19.2 Å². The lowest BCUT2D eigenvalue weighted by molar-refractivity contribution is -0.154. The van der Waals surface area contributed by atoms with E-state index in [-0.39, 0.29) is 17.8 Å². The Balaban J connectivity index is 1.87. The van der Waals surface area contributed by atoms with E-state index in [1.54, 1.807) is 6.92 Å². The van der Waals surface area contributed by atoms with Crippen LogP contribution in [0.3, 0.4) is 0 Å². The average Bonchev–Trinajstić information content (AvgIpc) is 3.23. The largest absolute Gasteiger partial charge is 0.452 e. The first-order chi connectivity index (χ1) is 9.47. The number of hydrogen-bond donors (Lipinski definition) is 1. The van der Waals surface area contributed by atoms with Gasteiger partial charge in [0.25, 0.3) is 5.91 Å². The summed E-state index contributed by atoms with van der Waals surface area (Å²) >= 11 is 0. The van der Waals surface area contributed by atoms with Gasteiger partial charge in [0.15, 0.2) is 6.10 Å². The molecule has 0 unspecified atom stereocenters. The molecule has 2 rings (SSSR count). The van der Waals surface area contributed by atoms with Crippen LogP contribution >= 0.6 is 0 Å². The van der Waals surface area contributed by atoms with Crippen LogP contribution in [0.4, 0.5) is 5.69 Å². The number of ether oxygens (including phenoxy) is 1. The number of nitrogens with one attached hydrogen (secondary N) is 1. The van der Waals surface area contributed by atoms with Crippen molar-refractivity contribution in [3.8, 4) is 0 Å². The van der Waals surface area contributed by atoms with E-state index >= 15 is 0 Å². The van der Waals surface area contributed by atoms with Crippen LogP contribution < -0.4 is 5.32 Å². The molecule has 1 aliphatic rings. The predicted octanol–water partition coefficient (Wildman–Crippen LogP) is 3.09. The van der Waals surface area contributed by atoms with Crippen molar-refractivity contribution in [3.63, 3.8) is 0 Å². The van der Waals surface area contributed by atoms with Crippen molar-refractivity contribution in [1.82, 2.24) is 0 Å². The van der Waals surface area contributed by atoms with Crippen LogP contribution in [0.1, 0.15) is 45.1 Å². The fraction of sp³-hybridized carbons (Fsp3) is 0.500. The number of amides is 1. The molecule has 108 valence electrons. The van der Waals surface area contributed by atoms with Gasteiger partial charge in [-0.2, -0.15) is 0 Å². The van der Waals surface area contributed by atoms with Gasteiger partial charge in [0.05, 0.1) is 5.92 Å². The van der Waals surface area contributed by atoms with E-state index in [0.717, 1.165) is 12.8 Å². The Morgan fingerprint density at radius 1 is 1.15 bits per heavy atom. The first-order valence-electron chi connectivity index (χ1n) is 7.08. The molecule has 0 radical (unpaired) electrons. The van der Waals surface area contributed by atoms with E-state index in [1.165, 1.54) is 5.56 Å². The SMILES string of the molecule is CC(C)c1ccc(NC(=O)[C@H](C)OC(=O)C2CC2)cc1. The molecule has 0 heterocycles. The van der Waals surface area contributed by atoms with Gasteiger partial charge in [-0.3, -0.25) is 9.59 Å². The highest BCUT2D eigenvalue weighted by Crippen LogP contribution is 2.30. The monoisotopic (exact) mass is 275 g/mol. The highest BCUT2D eigenvalue weighted by Gasteiger charge is 2.33. The summed E-state index contributed by atoms with van der Waals surface area (Å²) in [6, 6.07) is 7.70. The van der Waals surface area contributed by atoms with Gasteiger partial charge >= 0.3 is 5.97 Å². The van der Waals surface area contributed by atoms with Crippen molar-refractivity contribution in [1.29, 1.82) is 0 Å². The molecule has 0 bridgehead atoms. The van der Waals surface area contributed by atoms with E-state index in [1.807, 2.05) is 24.3 Å². The van der Waals surface area contributed by atoms with E-state index in [4.69, 9.17) is 4.74 Å². The van der Waals surface area contributed by atoms with Gasteiger partial charge in [-0.25, -0.2) is 0 Å². The quantitative estimate of drug-likeness (QED) is 0.840. The number of benzene rings is 1. The molecule has 1 saturated carbocycles. The third kappa shape index (κ3) is 3.83. The van der Waals surface area contributed by atoms with Crippen molar-refractivity contribution in [2.24, 2.45) is 5.92 Å². The molecule has 0 spiro atoms. The molecule has 1 aliphatic carbocycles. The lowest BCUT2D eigenvalue weighted by Crippen LogP contribution is -2.30. The zero-order valence-electron chi connectivity index (χ0n) is 12.2. The molecule has 0 saturated heterocycles. The van der Waals surface area contributed by atoms with Crippen molar-refractivity contribution in [3.05, 3.63) is 29.8 Å². The van der Waals surface area contributed by atoms with Crippen LogP contribution in [0.5, 0.6) is 0 Å². The highest BCUT2D eigenvalue weighted by molar-refractivity contribution is 5.95. The van der Waals surface area contributed by atoms with Crippen molar-refractivity contribution < 1.29 is 14.3 Å². The zero-order valence-corrected chi connectivity index (χ0v) is 12.2. The third-order valence-corrected chi connectivity index (χ3v) is 3.42. The second-order valence-corrected chi connectivity index (χ2v) is 5.62. The van der Waals surface area contributed by atoms with Gasteiger partial charge in [0.1, 0.15) is 0 Å². The van der Waals surface area contributed by atoms with Crippen molar-refractivity contribution in [2.45, 2.75) is 45.6 Å². The van der Waals surface area contributed by atoms with E-state index in [0.29, 0.717) is 11.6 Å². The summed E-state index contributed by atoms with van der Waals surface area (Å²) in [5.41, 5.74) is 1.94. The Bertz CT molecular complexity index is 489. The highest BCUT2D eigenvalue weighted by atomic mass is 16.5. The van der Waals surface area contributed by atoms with Gasteiger partial charge in [-0.05, 0) is 43.4 Å². The van der Waals surface area contributed by atoms with Gasteiger partial charge in [0, 0.05) is 5.69 Å². The van der Waals surface area contributed by atoms with Gasteiger partial charge in [0.2, 0.25) is 0 Å². The van der Waals surface area contributed by atoms with Gasteiger partial charge in [-0.15, -0.1) is 0 Å². The summed E-state index contributed by atoms with van der Waals surface area (Å²) in [4.78, 5) is 23.4. The molecular weight excluding hydrogens is 254 g/mol. The number of carbonyl (C=O) groups excluding carboxylic acids is 2. The molecule has 0 aromatic heterocycles. The van der Waals surface area contributed by atoms with E-state index in [9.17, 15) is 9.59 Å². The summed E-state index contributed by atoms with van der Waals surface area (Å²) in [6.45, 7) is 5.83. The third-order valence-electron chi connectivity index (χ3n) is 3.42. The molecule has 1 N–H and O–H groups in total. The molecule has 1 atom stereocenters. The molecule has 4 heteroatoms. The van der Waals surface area contributed by atoms with Crippen molar-refractivity contribution >= 4 is 17.6 Å². The number of anilines is 1. The lowest BCUT2D eigenvalue weighted by atomic mass is 10.0. The summed E-state index contributed by atoms with van der Waals surface area (Å²) in [5.74, 6) is -0.0900. The molecule has 1 aromatic carbocycles. The van der Waals surface area contributed by atoms with E-state index < -0.39 is 6.10 Å². The van der Waals surface area contributed by atoms with Gasteiger partial charge < -0.3 is 10.1 Å². The molecule has 20 heavy (non-hydrogen) atoms. The number of rotatable bonds is 5. The maximum absolute atomic E-state index is 11.9. The molecule has 4 nitrogen and oxygen atoms in total. The fourth-order valence-electron chi connectivity index (χ4n) is 1.84. The summed E-state index contributed by atoms with van der Waals surface area (Å²) in [6.07, 6.45) is 1.00. The Labute approximate surface area is 119 Å². The summed E-state index contributed by atoms with van der Waals surface area (Å²) in [7, 11) is 0. The fourth-order valence-corrected chi connectivity index (χ4v) is 1.84. The number of hydrogen-bond acceptors (Lipinski definition) is 3. The Kier molecular flexibility index (Phi) is 4.42. The van der Waals surface area contributed by atoms with Crippen LogP contribution in [0.2, 0.25) is 0 Å². The molecule has 1 fully saturated rings.